The lowest BCUT2D eigenvalue weighted by Crippen LogP contribution is -2.47. The molecule has 0 aromatic heterocycles. The highest BCUT2D eigenvalue weighted by atomic mass is 19.2. The highest BCUT2D eigenvalue weighted by Gasteiger charge is 2.23. The zero-order valence-electron chi connectivity index (χ0n) is 11.1. The van der Waals surface area contributed by atoms with Crippen LogP contribution in [-0.2, 0) is 0 Å². The van der Waals surface area contributed by atoms with E-state index in [2.05, 4.69) is 5.32 Å². The molecule has 2 rings (SSSR count). The van der Waals surface area contributed by atoms with Crippen LogP contribution in [0.2, 0.25) is 0 Å². The molecule has 0 saturated carbocycles. The average Bonchev–Trinajstić information content (AvgIpc) is 2.42. The molecule has 1 aromatic carbocycles. The summed E-state index contributed by atoms with van der Waals surface area (Å²) in [4.78, 5) is 24.5. The number of nitrogens with zero attached hydrogens (tertiary/aromatic N) is 1. The van der Waals surface area contributed by atoms with Crippen molar-refractivity contribution in [3.05, 3.63) is 29.3 Å². The Morgan fingerprint density at radius 1 is 1.33 bits per heavy atom. The summed E-state index contributed by atoms with van der Waals surface area (Å²) in [7, 11) is 0. The SMILES string of the molecule is NC1CCCN(C(=O)Nc2cc(F)c(F)cc2C(=O)O)C1. The first kappa shape index (κ1) is 15.2. The van der Waals surface area contributed by atoms with Gasteiger partial charge in [-0.05, 0) is 18.9 Å². The fourth-order valence-electron chi connectivity index (χ4n) is 2.22. The number of carbonyl (C=O) groups is 2. The number of piperidine rings is 1. The third-order valence-corrected chi connectivity index (χ3v) is 3.28. The number of nitrogens with one attached hydrogen (secondary N) is 1. The van der Waals surface area contributed by atoms with Crippen molar-refractivity contribution in [1.82, 2.24) is 4.90 Å². The maximum Gasteiger partial charge on any atom is 0.337 e. The molecule has 0 radical (unpaired) electrons. The van der Waals surface area contributed by atoms with Gasteiger partial charge in [0.2, 0.25) is 0 Å². The molecule has 0 spiro atoms. The van der Waals surface area contributed by atoms with E-state index in [0.29, 0.717) is 25.2 Å². The van der Waals surface area contributed by atoms with Crippen LogP contribution in [0.5, 0.6) is 0 Å². The molecule has 1 aliphatic heterocycles. The molecule has 21 heavy (non-hydrogen) atoms. The quantitative estimate of drug-likeness (QED) is 0.773. The lowest BCUT2D eigenvalue weighted by Gasteiger charge is -2.30. The van der Waals surface area contributed by atoms with Gasteiger partial charge in [0.05, 0.1) is 11.3 Å². The van der Waals surface area contributed by atoms with Crippen LogP contribution in [0.1, 0.15) is 23.2 Å². The van der Waals surface area contributed by atoms with E-state index in [0.717, 1.165) is 12.8 Å². The van der Waals surface area contributed by atoms with Crippen LogP contribution in [0.15, 0.2) is 12.1 Å². The van der Waals surface area contributed by atoms with Crippen LogP contribution in [0.4, 0.5) is 19.3 Å². The van der Waals surface area contributed by atoms with Gasteiger partial charge in [-0.2, -0.15) is 0 Å². The minimum absolute atomic E-state index is 0.145. The number of anilines is 1. The fraction of sp³-hybridized carbons (Fsp3) is 0.385. The first-order chi connectivity index (χ1) is 9.88. The summed E-state index contributed by atoms with van der Waals surface area (Å²) < 4.78 is 26.3. The zero-order chi connectivity index (χ0) is 15.6. The number of likely N-dealkylation sites (tertiary alicyclic amines) is 1. The van der Waals surface area contributed by atoms with Crippen LogP contribution in [0, 0.1) is 11.6 Å². The van der Waals surface area contributed by atoms with Crippen molar-refractivity contribution in [2.24, 2.45) is 5.73 Å². The van der Waals surface area contributed by atoms with Crippen molar-refractivity contribution < 1.29 is 23.5 Å². The van der Waals surface area contributed by atoms with Crippen LogP contribution in [-0.4, -0.2) is 41.1 Å². The number of hydrogen-bond donors (Lipinski definition) is 3. The lowest BCUT2D eigenvalue weighted by atomic mass is 10.1. The molecule has 1 aromatic rings. The Morgan fingerprint density at radius 3 is 2.62 bits per heavy atom. The number of rotatable bonds is 2. The van der Waals surface area contributed by atoms with Gasteiger partial charge in [0.15, 0.2) is 11.6 Å². The third kappa shape index (κ3) is 3.46. The van der Waals surface area contributed by atoms with E-state index in [-0.39, 0.29) is 11.7 Å². The molecule has 0 aliphatic carbocycles. The zero-order valence-corrected chi connectivity index (χ0v) is 11.1. The van der Waals surface area contributed by atoms with Gasteiger partial charge in [0, 0.05) is 25.2 Å². The second kappa shape index (κ2) is 6.04. The van der Waals surface area contributed by atoms with Gasteiger partial charge in [-0.15, -0.1) is 0 Å². The average molecular weight is 299 g/mol. The minimum Gasteiger partial charge on any atom is -0.478 e. The van der Waals surface area contributed by atoms with Gasteiger partial charge in [-0.1, -0.05) is 0 Å². The van der Waals surface area contributed by atoms with E-state index in [1.165, 1.54) is 4.90 Å². The third-order valence-electron chi connectivity index (χ3n) is 3.28. The Morgan fingerprint density at radius 2 is 2.00 bits per heavy atom. The van der Waals surface area contributed by atoms with Gasteiger partial charge >= 0.3 is 12.0 Å². The van der Waals surface area contributed by atoms with Gasteiger partial charge in [0.25, 0.3) is 0 Å². The van der Waals surface area contributed by atoms with Crippen LogP contribution in [0.3, 0.4) is 0 Å². The Labute approximate surface area is 119 Å². The molecule has 1 fully saturated rings. The first-order valence-electron chi connectivity index (χ1n) is 6.42. The first-order valence-corrected chi connectivity index (χ1v) is 6.42. The molecule has 8 heteroatoms. The summed E-state index contributed by atoms with van der Waals surface area (Å²) in [6.45, 7) is 0.809. The number of urea groups is 1. The van der Waals surface area contributed by atoms with Crippen molar-refractivity contribution in [3.8, 4) is 0 Å². The number of carbonyl (C=O) groups excluding carboxylic acids is 1. The van der Waals surface area contributed by atoms with Crippen molar-refractivity contribution in [1.29, 1.82) is 0 Å². The molecule has 1 heterocycles. The summed E-state index contributed by atoms with van der Waals surface area (Å²) in [6, 6.07) is 0.461. The normalized spacial score (nSPS) is 18.4. The number of aromatic carboxylic acids is 1. The molecule has 6 nitrogen and oxygen atoms in total. The molecule has 1 saturated heterocycles. The van der Waals surface area contributed by atoms with E-state index in [9.17, 15) is 18.4 Å². The van der Waals surface area contributed by atoms with Crippen molar-refractivity contribution in [3.63, 3.8) is 0 Å². The highest BCUT2D eigenvalue weighted by Crippen LogP contribution is 2.21. The molecule has 1 aliphatic rings. The summed E-state index contributed by atoms with van der Waals surface area (Å²) in [5.41, 5.74) is 4.96. The molecular formula is C13H15F2N3O3. The standard InChI is InChI=1S/C13H15F2N3O3/c14-9-4-8(12(19)20)11(5-10(9)15)17-13(21)18-3-1-2-7(16)6-18/h4-5,7H,1-3,6,16H2,(H,17,21)(H,19,20). The predicted molar refractivity (Wildman–Crippen MR) is 71.1 cm³/mol. The lowest BCUT2D eigenvalue weighted by molar-refractivity contribution is 0.0697. The van der Waals surface area contributed by atoms with Crippen LogP contribution < -0.4 is 11.1 Å². The summed E-state index contributed by atoms with van der Waals surface area (Å²) >= 11 is 0. The highest BCUT2D eigenvalue weighted by molar-refractivity contribution is 6.00. The van der Waals surface area contributed by atoms with Gasteiger partial charge in [0.1, 0.15) is 0 Å². The van der Waals surface area contributed by atoms with Gasteiger partial charge < -0.3 is 21.1 Å². The maximum atomic E-state index is 13.2. The number of carboxylic acid groups (broad SMARTS) is 1. The Hall–Kier alpha value is -2.22. The molecule has 1 atom stereocenters. The maximum absolute atomic E-state index is 13.2. The number of benzene rings is 1. The van der Waals surface area contributed by atoms with Crippen LogP contribution >= 0.6 is 0 Å². The van der Waals surface area contributed by atoms with Gasteiger partial charge in [-0.3, -0.25) is 0 Å². The molecule has 4 N–H and O–H groups in total. The molecule has 114 valence electrons. The molecule has 1 unspecified atom stereocenters. The molecule has 2 amide bonds. The molecule has 0 bridgehead atoms. The predicted octanol–water partition coefficient (Wildman–Crippen LogP) is 1.62. The molecular weight excluding hydrogens is 284 g/mol. The summed E-state index contributed by atoms with van der Waals surface area (Å²) in [5.74, 6) is -3.98. The Kier molecular flexibility index (Phi) is 4.37. The van der Waals surface area contributed by atoms with Crippen molar-refractivity contribution >= 4 is 17.7 Å². The second-order valence-corrected chi connectivity index (χ2v) is 4.90. The van der Waals surface area contributed by atoms with E-state index < -0.39 is 29.2 Å². The fourth-order valence-corrected chi connectivity index (χ4v) is 2.22. The van der Waals surface area contributed by atoms with Gasteiger partial charge in [-0.25, -0.2) is 18.4 Å². The smallest absolute Gasteiger partial charge is 0.337 e. The van der Waals surface area contributed by atoms with Crippen molar-refractivity contribution in [2.75, 3.05) is 18.4 Å². The van der Waals surface area contributed by atoms with E-state index in [1.807, 2.05) is 0 Å². The Balaban J connectivity index is 2.20. The number of hydrogen-bond acceptors (Lipinski definition) is 3. The minimum atomic E-state index is -1.46. The number of nitrogens with two attached hydrogens (primary N) is 1. The van der Waals surface area contributed by atoms with E-state index in [4.69, 9.17) is 10.8 Å². The second-order valence-electron chi connectivity index (χ2n) is 4.90. The van der Waals surface area contributed by atoms with Crippen molar-refractivity contribution in [2.45, 2.75) is 18.9 Å². The largest absolute Gasteiger partial charge is 0.478 e. The number of carboxylic acids is 1. The monoisotopic (exact) mass is 299 g/mol. The summed E-state index contributed by atoms with van der Waals surface area (Å²) in [6.07, 6.45) is 1.54. The van der Waals surface area contributed by atoms with E-state index >= 15 is 0 Å². The number of halogens is 2. The van der Waals surface area contributed by atoms with Crippen LogP contribution in [0.25, 0.3) is 0 Å². The Bertz CT molecular complexity index is 580. The van der Waals surface area contributed by atoms with E-state index in [1.54, 1.807) is 0 Å². The number of amides is 2. The topological polar surface area (TPSA) is 95.7 Å². The summed E-state index contributed by atoms with van der Waals surface area (Å²) in [5, 5.41) is 11.3.